The smallest absolute Gasteiger partial charge is 0.303 e. The number of rotatable bonds is 4. The Morgan fingerprint density at radius 3 is 1.31 bits per heavy atom. The van der Waals surface area contributed by atoms with Crippen molar-refractivity contribution in [2.24, 2.45) is 0 Å². The minimum absolute atomic E-state index is 0.0573. The minimum Gasteiger partial charge on any atom is -0.458 e. The zero-order valence-electron chi connectivity index (χ0n) is 15.4. The third-order valence-electron chi connectivity index (χ3n) is 4.68. The van der Waals surface area contributed by atoms with E-state index in [4.69, 9.17) is 18.9 Å². The molecule has 0 spiro atoms. The molecule has 0 unspecified atom stereocenters. The Kier molecular flexibility index (Phi) is 5.73. The second kappa shape index (κ2) is 7.47. The van der Waals surface area contributed by atoms with Crippen molar-refractivity contribution in [3.63, 3.8) is 0 Å². The van der Waals surface area contributed by atoms with E-state index in [2.05, 4.69) is 0 Å². The highest BCUT2D eigenvalue weighted by molar-refractivity contribution is 5.69. The molecular weight excluding hydrogens is 344 g/mol. The van der Waals surface area contributed by atoms with Crippen LogP contribution in [-0.4, -0.2) is 47.3 Å². The van der Waals surface area contributed by atoms with Gasteiger partial charge in [-0.25, -0.2) is 0 Å². The number of hydrogen-bond donors (Lipinski definition) is 0. The fraction of sp³-hybridized carbons (Fsp3) is 0.667. The molecule has 8 heteroatoms. The quantitative estimate of drug-likeness (QED) is 0.418. The Hall–Kier alpha value is -2.38. The molecule has 0 aromatic carbocycles. The van der Waals surface area contributed by atoms with E-state index < -0.39 is 47.3 Å². The highest BCUT2D eigenvalue weighted by Crippen LogP contribution is 2.51. The molecular formula is C18H24O8. The zero-order valence-corrected chi connectivity index (χ0v) is 15.4. The molecule has 0 radical (unpaired) electrons. The van der Waals surface area contributed by atoms with Gasteiger partial charge in [0.15, 0.2) is 11.2 Å². The van der Waals surface area contributed by atoms with Gasteiger partial charge in [0.25, 0.3) is 0 Å². The minimum atomic E-state index is -1.20. The first-order valence-corrected chi connectivity index (χ1v) is 8.48. The molecule has 0 heterocycles. The maximum atomic E-state index is 11.8. The Balaban J connectivity index is 2.50. The maximum absolute atomic E-state index is 11.8. The van der Waals surface area contributed by atoms with Gasteiger partial charge in [0.2, 0.25) is 0 Å². The van der Waals surface area contributed by atoms with Crippen LogP contribution in [-0.2, 0) is 38.1 Å². The third-order valence-corrected chi connectivity index (χ3v) is 4.68. The Morgan fingerprint density at radius 1 is 0.692 bits per heavy atom. The van der Waals surface area contributed by atoms with Crippen LogP contribution in [0.5, 0.6) is 0 Å². The molecule has 144 valence electrons. The summed E-state index contributed by atoms with van der Waals surface area (Å²) in [7, 11) is 0. The molecule has 2 aliphatic rings. The van der Waals surface area contributed by atoms with Crippen LogP contribution >= 0.6 is 0 Å². The molecule has 8 nitrogen and oxygen atoms in total. The normalized spacial score (nSPS) is 32.8. The van der Waals surface area contributed by atoms with Crippen molar-refractivity contribution in [1.82, 2.24) is 0 Å². The Bertz CT molecular complexity index is 585. The summed E-state index contributed by atoms with van der Waals surface area (Å²) in [6.07, 6.45) is 2.75. The fourth-order valence-electron chi connectivity index (χ4n) is 3.94. The van der Waals surface area contributed by atoms with Crippen LogP contribution in [0.25, 0.3) is 0 Å². The van der Waals surface area contributed by atoms with Crippen LogP contribution in [0.2, 0.25) is 0 Å². The van der Waals surface area contributed by atoms with E-state index in [1.807, 2.05) is 12.2 Å². The molecule has 2 rings (SSSR count). The maximum Gasteiger partial charge on any atom is 0.303 e. The van der Waals surface area contributed by atoms with E-state index in [1.165, 1.54) is 27.7 Å². The molecule has 26 heavy (non-hydrogen) atoms. The van der Waals surface area contributed by atoms with Gasteiger partial charge >= 0.3 is 23.9 Å². The van der Waals surface area contributed by atoms with E-state index in [0.29, 0.717) is 12.8 Å². The fourth-order valence-corrected chi connectivity index (χ4v) is 3.94. The molecule has 0 amide bonds. The van der Waals surface area contributed by atoms with Crippen molar-refractivity contribution >= 4 is 23.9 Å². The van der Waals surface area contributed by atoms with E-state index in [-0.39, 0.29) is 12.8 Å². The summed E-state index contributed by atoms with van der Waals surface area (Å²) in [5, 5.41) is 0. The van der Waals surface area contributed by atoms with Crippen molar-refractivity contribution in [2.45, 2.75) is 76.8 Å². The van der Waals surface area contributed by atoms with Crippen LogP contribution in [0.4, 0.5) is 0 Å². The predicted molar refractivity (Wildman–Crippen MR) is 87.7 cm³/mol. The first-order chi connectivity index (χ1) is 12.1. The number of carbonyl (C=O) groups is 4. The Morgan fingerprint density at radius 2 is 1.04 bits per heavy atom. The van der Waals surface area contributed by atoms with Crippen LogP contribution < -0.4 is 0 Å². The number of fused-ring (bicyclic) bond motifs is 1. The molecule has 0 aliphatic heterocycles. The van der Waals surface area contributed by atoms with E-state index in [0.717, 1.165) is 0 Å². The van der Waals surface area contributed by atoms with Crippen LogP contribution in [0.1, 0.15) is 53.4 Å². The number of esters is 4. The zero-order chi connectivity index (χ0) is 19.5. The van der Waals surface area contributed by atoms with Crippen molar-refractivity contribution in [1.29, 1.82) is 0 Å². The van der Waals surface area contributed by atoms with Gasteiger partial charge in [0.1, 0.15) is 12.2 Å². The monoisotopic (exact) mass is 368 g/mol. The van der Waals surface area contributed by atoms with Gasteiger partial charge in [-0.15, -0.1) is 0 Å². The summed E-state index contributed by atoms with van der Waals surface area (Å²) in [4.78, 5) is 46.6. The number of carbonyl (C=O) groups excluding carboxylic acids is 4. The topological polar surface area (TPSA) is 105 Å². The standard InChI is InChI=1S/C18H24O8/c1-11(19)23-15-9-17(25-13(3)21)7-5-6-8-18(17,26-14(4)22)10-16(15)24-12(2)20/h5-6,15-16H,7-10H2,1-4H3/t15-,16+,17-,18+. The van der Waals surface area contributed by atoms with Crippen molar-refractivity contribution in [3.05, 3.63) is 12.2 Å². The molecule has 2 aliphatic carbocycles. The van der Waals surface area contributed by atoms with Crippen molar-refractivity contribution < 1.29 is 38.1 Å². The third kappa shape index (κ3) is 4.05. The SMILES string of the molecule is CC(=O)O[C@H]1C[C@@]2(OC(C)=O)CC=CC[C@@]2(OC(C)=O)C[C@H]1OC(C)=O. The summed E-state index contributed by atoms with van der Waals surface area (Å²) in [6, 6.07) is 0. The first kappa shape index (κ1) is 19.9. The lowest BCUT2D eigenvalue weighted by atomic mass is 9.63. The summed E-state index contributed by atoms with van der Waals surface area (Å²) in [6.45, 7) is 5.03. The lowest BCUT2D eigenvalue weighted by Crippen LogP contribution is -2.67. The van der Waals surface area contributed by atoms with Gasteiger partial charge in [0.05, 0.1) is 0 Å². The summed E-state index contributed by atoms with van der Waals surface area (Å²) >= 11 is 0. The summed E-state index contributed by atoms with van der Waals surface area (Å²) in [5.41, 5.74) is -2.40. The molecule has 1 fully saturated rings. The Labute approximate surface area is 151 Å². The number of hydrogen-bond acceptors (Lipinski definition) is 8. The summed E-state index contributed by atoms with van der Waals surface area (Å²) < 4.78 is 22.0. The van der Waals surface area contributed by atoms with Crippen LogP contribution in [0.15, 0.2) is 12.2 Å². The molecule has 1 saturated carbocycles. The first-order valence-electron chi connectivity index (χ1n) is 8.48. The lowest BCUT2D eigenvalue weighted by molar-refractivity contribution is -0.254. The van der Waals surface area contributed by atoms with Crippen molar-refractivity contribution in [2.75, 3.05) is 0 Å². The largest absolute Gasteiger partial charge is 0.458 e. The second-order valence-corrected chi connectivity index (χ2v) is 6.76. The average molecular weight is 368 g/mol. The van der Waals surface area contributed by atoms with Crippen LogP contribution in [0.3, 0.4) is 0 Å². The molecule has 4 atom stereocenters. The van der Waals surface area contributed by atoms with Gasteiger partial charge in [-0.2, -0.15) is 0 Å². The molecule has 0 N–H and O–H groups in total. The lowest BCUT2D eigenvalue weighted by Gasteiger charge is -2.55. The van der Waals surface area contributed by atoms with Gasteiger partial charge in [-0.1, -0.05) is 12.2 Å². The predicted octanol–water partition coefficient (Wildman–Crippen LogP) is 1.60. The van der Waals surface area contributed by atoms with Crippen molar-refractivity contribution in [3.8, 4) is 0 Å². The molecule has 0 aromatic heterocycles. The van der Waals surface area contributed by atoms with E-state index in [1.54, 1.807) is 0 Å². The average Bonchev–Trinajstić information content (AvgIpc) is 2.46. The highest BCUT2D eigenvalue weighted by Gasteiger charge is 2.64. The van der Waals surface area contributed by atoms with Gasteiger partial charge in [-0.05, 0) is 0 Å². The van der Waals surface area contributed by atoms with Crippen LogP contribution in [0, 0.1) is 0 Å². The second-order valence-electron chi connectivity index (χ2n) is 6.76. The highest BCUT2D eigenvalue weighted by atomic mass is 16.6. The molecule has 0 bridgehead atoms. The summed E-state index contributed by atoms with van der Waals surface area (Å²) in [5.74, 6) is -2.17. The van der Waals surface area contributed by atoms with Gasteiger partial charge in [0, 0.05) is 53.4 Å². The van der Waals surface area contributed by atoms with E-state index in [9.17, 15) is 19.2 Å². The molecule has 0 saturated heterocycles. The van der Waals surface area contributed by atoms with Gasteiger partial charge in [-0.3, -0.25) is 19.2 Å². The molecule has 0 aromatic rings. The van der Waals surface area contributed by atoms with E-state index >= 15 is 0 Å². The number of ether oxygens (including phenoxy) is 4. The van der Waals surface area contributed by atoms with Gasteiger partial charge < -0.3 is 18.9 Å².